The number of carbonyl (C=O) groups is 2. The van der Waals surface area contributed by atoms with Crippen molar-refractivity contribution in [3.63, 3.8) is 0 Å². The Morgan fingerprint density at radius 1 is 1.17 bits per heavy atom. The second-order valence-corrected chi connectivity index (χ2v) is 8.84. The molecule has 1 heterocycles. The summed E-state index contributed by atoms with van der Waals surface area (Å²) in [5.74, 6) is -1.24. The van der Waals surface area contributed by atoms with Crippen molar-refractivity contribution in [3.05, 3.63) is 35.3 Å². The van der Waals surface area contributed by atoms with Crippen molar-refractivity contribution in [2.75, 3.05) is 5.73 Å². The van der Waals surface area contributed by atoms with Crippen molar-refractivity contribution in [1.82, 2.24) is 4.98 Å². The van der Waals surface area contributed by atoms with Gasteiger partial charge in [0.2, 0.25) is 11.3 Å². The zero-order valence-corrected chi connectivity index (χ0v) is 18.5. The molecule has 0 aliphatic rings. The number of esters is 2. The first-order valence-electron chi connectivity index (χ1n) is 8.60. The van der Waals surface area contributed by atoms with E-state index in [0.717, 1.165) is 11.3 Å². The third-order valence-electron chi connectivity index (χ3n) is 3.28. The van der Waals surface area contributed by atoms with Crippen LogP contribution in [0.3, 0.4) is 0 Å². The number of hydrogen-bond acceptors (Lipinski definition) is 10. The minimum Gasteiger partial charge on any atom is -0.457 e. The Morgan fingerprint density at radius 2 is 1.83 bits per heavy atom. The molecular formula is C19H23N3O5S2. The molecule has 1 aromatic heterocycles. The van der Waals surface area contributed by atoms with E-state index in [4.69, 9.17) is 20.0 Å². The molecule has 2 rings (SSSR count). The number of benzene rings is 1. The SMILES string of the molecule is CC(C)(C)OC(=O)C(C)(C)O/N=C(/C(=O)Oc1ccccc1S)c1csc(N)n1. The second-order valence-electron chi connectivity index (χ2n) is 7.47. The van der Waals surface area contributed by atoms with Crippen LogP contribution in [0, 0.1) is 0 Å². The summed E-state index contributed by atoms with van der Waals surface area (Å²) in [5, 5.41) is 5.63. The largest absolute Gasteiger partial charge is 0.457 e. The van der Waals surface area contributed by atoms with Crippen LogP contribution in [0.15, 0.2) is 39.7 Å². The van der Waals surface area contributed by atoms with E-state index in [2.05, 4.69) is 22.8 Å². The van der Waals surface area contributed by atoms with Crippen LogP contribution < -0.4 is 10.5 Å². The number of para-hydroxylation sites is 1. The number of nitrogen functional groups attached to an aromatic ring is 1. The van der Waals surface area contributed by atoms with Crippen molar-refractivity contribution in [2.45, 2.75) is 50.7 Å². The highest BCUT2D eigenvalue weighted by atomic mass is 32.1. The van der Waals surface area contributed by atoms with Crippen molar-refractivity contribution in [2.24, 2.45) is 5.16 Å². The molecule has 0 saturated heterocycles. The van der Waals surface area contributed by atoms with Crippen LogP contribution in [-0.4, -0.2) is 33.8 Å². The molecule has 0 radical (unpaired) electrons. The van der Waals surface area contributed by atoms with Gasteiger partial charge in [0.1, 0.15) is 17.0 Å². The molecule has 0 saturated carbocycles. The maximum Gasteiger partial charge on any atom is 0.368 e. The predicted molar refractivity (Wildman–Crippen MR) is 113 cm³/mol. The summed E-state index contributed by atoms with van der Waals surface area (Å²) in [4.78, 5) is 35.0. The highest BCUT2D eigenvalue weighted by molar-refractivity contribution is 7.80. The van der Waals surface area contributed by atoms with Crippen molar-refractivity contribution >= 4 is 46.7 Å². The third-order valence-corrected chi connectivity index (χ3v) is 4.32. The molecule has 0 fully saturated rings. The van der Waals surface area contributed by atoms with Gasteiger partial charge in [-0.3, -0.25) is 0 Å². The van der Waals surface area contributed by atoms with Crippen LogP contribution in [0.4, 0.5) is 5.13 Å². The van der Waals surface area contributed by atoms with E-state index < -0.39 is 23.1 Å². The van der Waals surface area contributed by atoms with Gasteiger partial charge in [-0.15, -0.1) is 24.0 Å². The Balaban J connectivity index is 2.30. The van der Waals surface area contributed by atoms with Gasteiger partial charge < -0.3 is 20.0 Å². The van der Waals surface area contributed by atoms with Gasteiger partial charge in [0.25, 0.3) is 0 Å². The molecule has 0 spiro atoms. The highest BCUT2D eigenvalue weighted by Crippen LogP contribution is 2.23. The van der Waals surface area contributed by atoms with Gasteiger partial charge in [-0.1, -0.05) is 17.3 Å². The Kier molecular flexibility index (Phi) is 6.91. The minimum absolute atomic E-state index is 0.161. The van der Waals surface area contributed by atoms with Crippen LogP contribution >= 0.6 is 24.0 Å². The van der Waals surface area contributed by atoms with E-state index in [-0.39, 0.29) is 22.3 Å². The van der Waals surface area contributed by atoms with E-state index >= 15 is 0 Å². The fourth-order valence-electron chi connectivity index (χ4n) is 1.87. The first-order valence-corrected chi connectivity index (χ1v) is 9.93. The summed E-state index contributed by atoms with van der Waals surface area (Å²) < 4.78 is 10.7. The number of rotatable bonds is 6. The maximum absolute atomic E-state index is 12.7. The smallest absolute Gasteiger partial charge is 0.368 e. The number of carbonyl (C=O) groups excluding carboxylic acids is 2. The zero-order valence-electron chi connectivity index (χ0n) is 16.8. The van der Waals surface area contributed by atoms with E-state index in [0.29, 0.717) is 4.90 Å². The number of hydrogen-bond donors (Lipinski definition) is 2. The quantitative estimate of drug-likeness (QED) is 0.234. The molecular weight excluding hydrogens is 414 g/mol. The zero-order chi connectivity index (χ0) is 21.8. The van der Waals surface area contributed by atoms with E-state index in [1.165, 1.54) is 19.2 Å². The lowest BCUT2D eigenvalue weighted by Gasteiger charge is -2.26. The summed E-state index contributed by atoms with van der Waals surface area (Å²) in [6.07, 6.45) is 0. The lowest BCUT2D eigenvalue weighted by molar-refractivity contribution is -0.179. The molecule has 0 aliphatic carbocycles. The lowest BCUT2D eigenvalue weighted by Crippen LogP contribution is -2.40. The molecule has 10 heteroatoms. The number of aromatic nitrogens is 1. The fourth-order valence-corrected chi connectivity index (χ4v) is 2.63. The van der Waals surface area contributed by atoms with E-state index in [1.54, 1.807) is 45.0 Å². The second kappa shape index (κ2) is 8.83. The average molecular weight is 438 g/mol. The van der Waals surface area contributed by atoms with Crippen molar-refractivity contribution in [3.8, 4) is 5.75 Å². The monoisotopic (exact) mass is 437 g/mol. The summed E-state index contributed by atoms with van der Waals surface area (Å²) in [7, 11) is 0. The van der Waals surface area contributed by atoms with Crippen LogP contribution in [0.1, 0.15) is 40.3 Å². The van der Waals surface area contributed by atoms with Gasteiger partial charge in [-0.05, 0) is 46.8 Å². The topological polar surface area (TPSA) is 113 Å². The normalized spacial score (nSPS) is 12.4. The van der Waals surface area contributed by atoms with Crippen LogP contribution in [0.25, 0.3) is 0 Å². The van der Waals surface area contributed by atoms with Crippen LogP contribution in [0.2, 0.25) is 0 Å². The van der Waals surface area contributed by atoms with E-state index in [9.17, 15) is 9.59 Å². The first-order chi connectivity index (χ1) is 13.4. The number of thiol groups is 1. The number of nitrogens with zero attached hydrogens (tertiary/aromatic N) is 2. The summed E-state index contributed by atoms with van der Waals surface area (Å²) in [6.45, 7) is 8.16. The Labute approximate surface area is 178 Å². The van der Waals surface area contributed by atoms with Gasteiger partial charge in [0, 0.05) is 10.3 Å². The molecule has 0 unspecified atom stereocenters. The number of thiazole rings is 1. The lowest BCUT2D eigenvalue weighted by atomic mass is 10.1. The van der Waals surface area contributed by atoms with Crippen LogP contribution in [-0.2, 0) is 19.2 Å². The molecule has 0 atom stereocenters. The Hall–Kier alpha value is -2.59. The number of anilines is 1. The van der Waals surface area contributed by atoms with Crippen molar-refractivity contribution in [1.29, 1.82) is 0 Å². The molecule has 0 amide bonds. The Bertz CT molecular complexity index is 932. The highest BCUT2D eigenvalue weighted by Gasteiger charge is 2.36. The molecule has 29 heavy (non-hydrogen) atoms. The molecule has 0 aliphatic heterocycles. The first kappa shape index (κ1) is 22.7. The number of ether oxygens (including phenoxy) is 2. The minimum atomic E-state index is -1.46. The summed E-state index contributed by atoms with van der Waals surface area (Å²) >= 11 is 5.38. The maximum atomic E-state index is 12.7. The van der Waals surface area contributed by atoms with Gasteiger partial charge in [0.15, 0.2) is 5.13 Å². The summed E-state index contributed by atoms with van der Waals surface area (Å²) in [5.41, 5.74) is 3.42. The van der Waals surface area contributed by atoms with Gasteiger partial charge in [0.05, 0.1) is 0 Å². The predicted octanol–water partition coefficient (Wildman–Crippen LogP) is 3.46. The average Bonchev–Trinajstić information content (AvgIpc) is 3.01. The Morgan fingerprint density at radius 3 is 2.38 bits per heavy atom. The number of oxime groups is 1. The third kappa shape index (κ3) is 6.47. The fraction of sp³-hybridized carbons (Fsp3) is 0.368. The molecule has 156 valence electrons. The molecule has 2 N–H and O–H groups in total. The van der Waals surface area contributed by atoms with Gasteiger partial charge in [-0.2, -0.15) is 0 Å². The standard InChI is InChI=1S/C19H23N3O5S2/c1-18(2,3)26-16(24)19(4,5)27-22-14(11-10-29-17(20)21-11)15(23)25-12-8-6-7-9-13(12)28/h6-10,28H,1-5H3,(H2,20,21)/b22-14+. The van der Waals surface area contributed by atoms with Crippen LogP contribution in [0.5, 0.6) is 5.75 Å². The molecule has 8 nitrogen and oxygen atoms in total. The van der Waals surface area contributed by atoms with Crippen molar-refractivity contribution < 1.29 is 23.9 Å². The van der Waals surface area contributed by atoms with Gasteiger partial charge in [-0.25, -0.2) is 14.6 Å². The summed E-state index contributed by atoms with van der Waals surface area (Å²) in [6, 6.07) is 6.70. The van der Waals surface area contributed by atoms with E-state index in [1.807, 2.05) is 0 Å². The van der Waals surface area contributed by atoms with Gasteiger partial charge >= 0.3 is 11.9 Å². The number of nitrogens with two attached hydrogens (primary N) is 1. The molecule has 0 bridgehead atoms. The molecule has 2 aromatic rings. The molecule has 1 aromatic carbocycles.